The van der Waals surface area contributed by atoms with Crippen molar-refractivity contribution in [1.82, 2.24) is 0 Å². The van der Waals surface area contributed by atoms with Crippen LogP contribution in [0.1, 0.15) is 44.9 Å². The highest BCUT2D eigenvalue weighted by Gasteiger charge is 1.89. The maximum Gasteiger partial charge on any atom is 0.0462 e. The van der Waals surface area contributed by atoms with Crippen LogP contribution in [0, 0.1) is 6.92 Å². The third-order valence-corrected chi connectivity index (χ3v) is 1.85. The molecule has 0 aliphatic carbocycles. The van der Waals surface area contributed by atoms with Crippen molar-refractivity contribution >= 4 is 0 Å². The van der Waals surface area contributed by atoms with Gasteiger partial charge in [-0.3, -0.25) is 0 Å². The molecule has 0 aliphatic rings. The molecule has 0 atom stereocenters. The summed E-state index contributed by atoms with van der Waals surface area (Å²) >= 11 is 0. The SMILES string of the molecule is [CH2]CCCCCCCCOC. The molecule has 0 saturated carbocycles. The molecule has 0 N–H and O–H groups in total. The second kappa shape index (κ2) is 9.96. The van der Waals surface area contributed by atoms with Crippen molar-refractivity contribution in [1.29, 1.82) is 0 Å². The van der Waals surface area contributed by atoms with Crippen LogP contribution in [0.15, 0.2) is 0 Å². The van der Waals surface area contributed by atoms with Crippen molar-refractivity contribution in [2.45, 2.75) is 44.9 Å². The van der Waals surface area contributed by atoms with Crippen molar-refractivity contribution in [3.63, 3.8) is 0 Å². The minimum absolute atomic E-state index is 0.926. The van der Waals surface area contributed by atoms with Gasteiger partial charge in [-0.1, -0.05) is 45.4 Å². The predicted octanol–water partition coefficient (Wildman–Crippen LogP) is 3.20. The largest absolute Gasteiger partial charge is 0.385 e. The maximum atomic E-state index is 4.96. The van der Waals surface area contributed by atoms with E-state index in [1.165, 1.54) is 38.5 Å². The van der Waals surface area contributed by atoms with Crippen LogP contribution in [0.5, 0.6) is 0 Å². The molecule has 0 aromatic carbocycles. The summed E-state index contributed by atoms with van der Waals surface area (Å²) in [5.41, 5.74) is 0. The lowest BCUT2D eigenvalue weighted by molar-refractivity contribution is 0.192. The Bertz CT molecular complexity index is 53.9. The Balaban J connectivity index is 2.69. The monoisotopic (exact) mass is 157 g/mol. The first kappa shape index (κ1) is 11.0. The average Bonchev–Trinajstić information content (AvgIpc) is 2.03. The van der Waals surface area contributed by atoms with Crippen molar-refractivity contribution in [2.75, 3.05) is 13.7 Å². The van der Waals surface area contributed by atoms with Gasteiger partial charge < -0.3 is 4.74 Å². The van der Waals surface area contributed by atoms with Crippen LogP contribution in [0.25, 0.3) is 0 Å². The van der Waals surface area contributed by atoms with Crippen LogP contribution in [0.2, 0.25) is 0 Å². The van der Waals surface area contributed by atoms with E-state index in [1.807, 2.05) is 0 Å². The summed E-state index contributed by atoms with van der Waals surface area (Å²) in [6.07, 6.45) is 9.04. The van der Waals surface area contributed by atoms with Gasteiger partial charge in [0.05, 0.1) is 0 Å². The van der Waals surface area contributed by atoms with Crippen LogP contribution in [-0.2, 0) is 4.74 Å². The van der Waals surface area contributed by atoms with Crippen LogP contribution >= 0.6 is 0 Å². The van der Waals surface area contributed by atoms with Crippen LogP contribution in [0.3, 0.4) is 0 Å². The number of rotatable bonds is 8. The van der Waals surface area contributed by atoms with Gasteiger partial charge in [-0.25, -0.2) is 0 Å². The molecule has 0 amide bonds. The van der Waals surface area contributed by atoms with Gasteiger partial charge in [-0.2, -0.15) is 0 Å². The zero-order valence-corrected chi connectivity index (χ0v) is 7.77. The van der Waals surface area contributed by atoms with Gasteiger partial charge >= 0.3 is 0 Å². The average molecular weight is 157 g/mol. The molecule has 1 heteroatoms. The molecular weight excluding hydrogens is 136 g/mol. The molecule has 0 spiro atoms. The molecule has 67 valence electrons. The fraction of sp³-hybridized carbons (Fsp3) is 0.900. The van der Waals surface area contributed by atoms with Gasteiger partial charge in [0.2, 0.25) is 0 Å². The van der Waals surface area contributed by atoms with Crippen molar-refractivity contribution in [3.8, 4) is 0 Å². The second-order valence-electron chi connectivity index (χ2n) is 2.97. The first-order valence-corrected chi connectivity index (χ1v) is 4.70. The highest BCUT2D eigenvalue weighted by atomic mass is 16.5. The van der Waals surface area contributed by atoms with Gasteiger partial charge in [-0.15, -0.1) is 0 Å². The fourth-order valence-corrected chi connectivity index (χ4v) is 1.13. The van der Waals surface area contributed by atoms with E-state index < -0.39 is 0 Å². The van der Waals surface area contributed by atoms with E-state index in [9.17, 15) is 0 Å². The highest BCUT2D eigenvalue weighted by Crippen LogP contribution is 2.06. The molecule has 0 fully saturated rings. The van der Waals surface area contributed by atoms with E-state index in [-0.39, 0.29) is 0 Å². The molecule has 0 rings (SSSR count). The molecular formula is C10H21O. The number of hydrogen-bond acceptors (Lipinski definition) is 1. The molecule has 1 radical (unpaired) electrons. The van der Waals surface area contributed by atoms with E-state index in [0.29, 0.717) is 0 Å². The van der Waals surface area contributed by atoms with Crippen LogP contribution < -0.4 is 0 Å². The van der Waals surface area contributed by atoms with Gasteiger partial charge in [0.15, 0.2) is 0 Å². The Labute approximate surface area is 71.1 Å². The van der Waals surface area contributed by atoms with E-state index in [2.05, 4.69) is 6.92 Å². The third-order valence-electron chi connectivity index (χ3n) is 1.85. The minimum Gasteiger partial charge on any atom is -0.385 e. The normalized spacial score (nSPS) is 10.4. The molecule has 0 heterocycles. The van der Waals surface area contributed by atoms with E-state index in [4.69, 9.17) is 4.74 Å². The van der Waals surface area contributed by atoms with Gasteiger partial charge in [0.25, 0.3) is 0 Å². The quantitative estimate of drug-likeness (QED) is 0.492. The predicted molar refractivity (Wildman–Crippen MR) is 49.6 cm³/mol. The zero-order valence-electron chi connectivity index (χ0n) is 7.77. The standard InChI is InChI=1S/C10H21O/c1-3-4-5-6-7-8-9-10-11-2/h1,3-10H2,2H3. The molecule has 0 aliphatic heterocycles. The lowest BCUT2D eigenvalue weighted by Gasteiger charge is -1.99. The van der Waals surface area contributed by atoms with Crippen molar-refractivity contribution in [3.05, 3.63) is 6.92 Å². The van der Waals surface area contributed by atoms with Gasteiger partial charge in [0, 0.05) is 13.7 Å². The maximum absolute atomic E-state index is 4.96. The molecule has 1 nitrogen and oxygen atoms in total. The van der Waals surface area contributed by atoms with E-state index in [1.54, 1.807) is 7.11 Å². The summed E-state index contributed by atoms with van der Waals surface area (Å²) in [6.45, 7) is 4.74. The summed E-state index contributed by atoms with van der Waals surface area (Å²) in [4.78, 5) is 0. The summed E-state index contributed by atoms with van der Waals surface area (Å²) in [7, 11) is 1.77. The summed E-state index contributed by atoms with van der Waals surface area (Å²) in [6, 6.07) is 0. The molecule has 0 aromatic rings. The Morgan fingerprint density at radius 3 is 2.00 bits per heavy atom. The molecule has 0 bridgehead atoms. The van der Waals surface area contributed by atoms with Crippen molar-refractivity contribution < 1.29 is 4.74 Å². The Morgan fingerprint density at radius 1 is 0.909 bits per heavy atom. The Hall–Kier alpha value is -0.0400. The molecule has 0 aromatic heterocycles. The Morgan fingerprint density at radius 2 is 1.45 bits per heavy atom. The summed E-state index contributed by atoms with van der Waals surface area (Å²) in [5.74, 6) is 0. The third kappa shape index (κ3) is 9.96. The zero-order chi connectivity index (χ0) is 8.36. The van der Waals surface area contributed by atoms with Crippen LogP contribution in [0.4, 0.5) is 0 Å². The first-order chi connectivity index (χ1) is 5.41. The van der Waals surface area contributed by atoms with Crippen molar-refractivity contribution in [2.24, 2.45) is 0 Å². The van der Waals surface area contributed by atoms with Gasteiger partial charge in [0.1, 0.15) is 0 Å². The lowest BCUT2D eigenvalue weighted by Crippen LogP contribution is -1.87. The molecule has 0 unspecified atom stereocenters. The minimum atomic E-state index is 0.926. The summed E-state index contributed by atoms with van der Waals surface area (Å²) < 4.78 is 4.96. The topological polar surface area (TPSA) is 9.23 Å². The first-order valence-electron chi connectivity index (χ1n) is 4.70. The number of methoxy groups -OCH3 is 1. The van der Waals surface area contributed by atoms with Crippen LogP contribution in [-0.4, -0.2) is 13.7 Å². The smallest absolute Gasteiger partial charge is 0.0462 e. The second-order valence-corrected chi connectivity index (χ2v) is 2.97. The summed E-state index contributed by atoms with van der Waals surface area (Å²) in [5, 5.41) is 0. The number of hydrogen-bond donors (Lipinski definition) is 0. The Kier molecular flexibility index (Phi) is 9.92. The van der Waals surface area contributed by atoms with E-state index in [0.717, 1.165) is 13.0 Å². The lowest BCUT2D eigenvalue weighted by atomic mass is 10.1. The highest BCUT2D eigenvalue weighted by molar-refractivity contribution is 4.46. The molecule has 0 saturated heterocycles. The van der Waals surface area contributed by atoms with E-state index >= 15 is 0 Å². The number of unbranched alkanes of at least 4 members (excludes halogenated alkanes) is 6. The molecule has 11 heavy (non-hydrogen) atoms. The number of ether oxygens (including phenoxy) is 1. The fourth-order valence-electron chi connectivity index (χ4n) is 1.13. The van der Waals surface area contributed by atoms with Gasteiger partial charge in [-0.05, 0) is 6.42 Å².